The second-order valence-corrected chi connectivity index (χ2v) is 4.68. The van der Waals surface area contributed by atoms with Crippen molar-refractivity contribution in [2.45, 2.75) is 25.9 Å². The maximum absolute atomic E-state index is 8.77. The van der Waals surface area contributed by atoms with Crippen LogP contribution < -0.4 is 5.32 Å². The predicted molar refractivity (Wildman–Crippen MR) is 76.8 cm³/mol. The minimum absolute atomic E-state index is 0.419. The molecule has 1 atom stereocenters. The molecule has 0 fully saturated rings. The molecular formula is C16H19N3. The average Bonchev–Trinajstić information content (AvgIpc) is 2.89. The summed E-state index contributed by atoms with van der Waals surface area (Å²) in [5, 5.41) is 12.1. The minimum Gasteiger partial charge on any atom is -0.350 e. The standard InChI is InChI=1S/C16H19N3/c1-3-16(18-2)15-8-9-19(12-15)11-14-6-4-13(10-17)5-7-14/h4-9,12,16,18H,3,11H2,1-2H3. The van der Waals surface area contributed by atoms with Crippen LogP contribution in [0.25, 0.3) is 0 Å². The Bertz CT molecular complexity index is 556. The summed E-state index contributed by atoms with van der Waals surface area (Å²) in [5.41, 5.74) is 3.23. The summed E-state index contributed by atoms with van der Waals surface area (Å²) in [6.45, 7) is 3.02. The van der Waals surface area contributed by atoms with Crippen LogP contribution in [0.1, 0.15) is 36.1 Å². The summed E-state index contributed by atoms with van der Waals surface area (Å²) in [6.07, 6.45) is 5.37. The molecule has 3 nitrogen and oxygen atoms in total. The van der Waals surface area contributed by atoms with Crippen molar-refractivity contribution in [1.82, 2.24) is 9.88 Å². The lowest BCUT2D eigenvalue weighted by Crippen LogP contribution is -2.14. The van der Waals surface area contributed by atoms with Gasteiger partial charge in [0.15, 0.2) is 0 Å². The zero-order valence-electron chi connectivity index (χ0n) is 11.4. The molecule has 1 aromatic heterocycles. The molecule has 0 aliphatic rings. The highest BCUT2D eigenvalue weighted by Gasteiger charge is 2.07. The summed E-state index contributed by atoms with van der Waals surface area (Å²) < 4.78 is 2.18. The van der Waals surface area contributed by atoms with E-state index in [9.17, 15) is 0 Å². The van der Waals surface area contributed by atoms with Gasteiger partial charge in [-0.1, -0.05) is 19.1 Å². The van der Waals surface area contributed by atoms with Crippen LogP contribution in [0, 0.1) is 11.3 Å². The average molecular weight is 253 g/mol. The molecule has 0 saturated heterocycles. The van der Waals surface area contributed by atoms with Crippen molar-refractivity contribution in [3.05, 3.63) is 59.4 Å². The first-order valence-corrected chi connectivity index (χ1v) is 6.58. The van der Waals surface area contributed by atoms with Crippen LogP contribution in [0.3, 0.4) is 0 Å². The third kappa shape index (κ3) is 3.24. The van der Waals surface area contributed by atoms with Gasteiger partial charge in [-0.05, 0) is 42.8 Å². The van der Waals surface area contributed by atoms with Crippen molar-refractivity contribution in [3.63, 3.8) is 0 Å². The third-order valence-corrected chi connectivity index (χ3v) is 3.38. The fraction of sp³-hybridized carbons (Fsp3) is 0.312. The molecule has 19 heavy (non-hydrogen) atoms. The Kier molecular flexibility index (Phi) is 4.38. The topological polar surface area (TPSA) is 40.8 Å². The van der Waals surface area contributed by atoms with Gasteiger partial charge < -0.3 is 9.88 Å². The number of hydrogen-bond donors (Lipinski definition) is 1. The van der Waals surface area contributed by atoms with E-state index >= 15 is 0 Å². The van der Waals surface area contributed by atoms with E-state index in [2.05, 4.69) is 41.3 Å². The maximum atomic E-state index is 8.77. The van der Waals surface area contributed by atoms with E-state index in [0.717, 1.165) is 13.0 Å². The largest absolute Gasteiger partial charge is 0.350 e. The molecule has 0 spiro atoms. The van der Waals surface area contributed by atoms with Crippen LogP contribution in [0.2, 0.25) is 0 Å². The monoisotopic (exact) mass is 253 g/mol. The Hall–Kier alpha value is -2.05. The predicted octanol–water partition coefficient (Wildman–Crippen LogP) is 3.08. The van der Waals surface area contributed by atoms with Crippen LogP contribution in [-0.4, -0.2) is 11.6 Å². The molecule has 0 amide bonds. The van der Waals surface area contributed by atoms with Crippen LogP contribution in [0.4, 0.5) is 0 Å². The maximum Gasteiger partial charge on any atom is 0.0991 e. The van der Waals surface area contributed by atoms with Gasteiger partial charge in [-0.2, -0.15) is 5.26 Å². The zero-order valence-corrected chi connectivity index (χ0v) is 11.4. The Balaban J connectivity index is 2.09. The summed E-state index contributed by atoms with van der Waals surface area (Å²) in [6, 6.07) is 12.5. The zero-order chi connectivity index (χ0) is 13.7. The molecule has 1 aromatic carbocycles. The summed E-state index contributed by atoms with van der Waals surface area (Å²) in [5.74, 6) is 0. The fourth-order valence-corrected chi connectivity index (χ4v) is 2.27. The lowest BCUT2D eigenvalue weighted by atomic mass is 10.1. The number of nitriles is 1. The van der Waals surface area contributed by atoms with Crippen LogP contribution in [-0.2, 0) is 6.54 Å². The first-order chi connectivity index (χ1) is 9.26. The van der Waals surface area contributed by atoms with E-state index in [1.165, 1.54) is 11.1 Å². The van der Waals surface area contributed by atoms with Crippen molar-refractivity contribution in [2.75, 3.05) is 7.05 Å². The molecule has 1 heterocycles. The van der Waals surface area contributed by atoms with Gasteiger partial charge in [-0.15, -0.1) is 0 Å². The smallest absolute Gasteiger partial charge is 0.0991 e. The molecule has 3 heteroatoms. The van der Waals surface area contributed by atoms with Crippen molar-refractivity contribution >= 4 is 0 Å². The Labute approximate surface area is 114 Å². The Morgan fingerprint density at radius 2 is 2.00 bits per heavy atom. The highest BCUT2D eigenvalue weighted by molar-refractivity contribution is 5.31. The number of nitrogens with one attached hydrogen (secondary N) is 1. The summed E-state index contributed by atoms with van der Waals surface area (Å²) in [4.78, 5) is 0. The van der Waals surface area contributed by atoms with Gasteiger partial charge in [0, 0.05) is 25.0 Å². The molecule has 0 saturated carbocycles. The van der Waals surface area contributed by atoms with Crippen molar-refractivity contribution < 1.29 is 0 Å². The fourth-order valence-electron chi connectivity index (χ4n) is 2.27. The van der Waals surface area contributed by atoms with Crippen LogP contribution in [0.5, 0.6) is 0 Å². The number of rotatable bonds is 5. The van der Waals surface area contributed by atoms with Crippen LogP contribution >= 0.6 is 0 Å². The number of hydrogen-bond acceptors (Lipinski definition) is 2. The van der Waals surface area contributed by atoms with Crippen molar-refractivity contribution in [3.8, 4) is 6.07 Å². The van der Waals surface area contributed by atoms with E-state index in [1.807, 2.05) is 31.3 Å². The van der Waals surface area contributed by atoms with Gasteiger partial charge in [0.05, 0.1) is 11.6 Å². The van der Waals surface area contributed by atoms with Crippen molar-refractivity contribution in [2.24, 2.45) is 0 Å². The SMILES string of the molecule is CCC(NC)c1ccn(Cc2ccc(C#N)cc2)c1. The first kappa shape index (κ1) is 13.4. The molecule has 2 aromatic rings. The molecule has 0 aliphatic heterocycles. The quantitative estimate of drug-likeness (QED) is 0.889. The number of nitrogens with zero attached hydrogens (tertiary/aromatic N) is 2. The second-order valence-electron chi connectivity index (χ2n) is 4.68. The first-order valence-electron chi connectivity index (χ1n) is 6.58. The molecule has 98 valence electrons. The van der Waals surface area contributed by atoms with E-state index in [1.54, 1.807) is 0 Å². The van der Waals surface area contributed by atoms with Gasteiger partial charge in [0.2, 0.25) is 0 Å². The van der Waals surface area contributed by atoms with E-state index in [0.29, 0.717) is 11.6 Å². The van der Waals surface area contributed by atoms with Gasteiger partial charge in [-0.25, -0.2) is 0 Å². The highest BCUT2D eigenvalue weighted by Crippen LogP contribution is 2.17. The van der Waals surface area contributed by atoms with E-state index < -0.39 is 0 Å². The van der Waals surface area contributed by atoms with Gasteiger partial charge in [-0.3, -0.25) is 0 Å². The molecule has 1 unspecified atom stereocenters. The van der Waals surface area contributed by atoms with E-state index in [4.69, 9.17) is 5.26 Å². The Morgan fingerprint density at radius 1 is 1.26 bits per heavy atom. The summed E-state index contributed by atoms with van der Waals surface area (Å²) in [7, 11) is 1.99. The van der Waals surface area contributed by atoms with Crippen molar-refractivity contribution in [1.29, 1.82) is 5.26 Å². The molecule has 0 radical (unpaired) electrons. The molecular weight excluding hydrogens is 234 g/mol. The molecule has 1 N–H and O–H groups in total. The second kappa shape index (κ2) is 6.21. The third-order valence-electron chi connectivity index (χ3n) is 3.38. The van der Waals surface area contributed by atoms with Crippen LogP contribution in [0.15, 0.2) is 42.7 Å². The highest BCUT2D eigenvalue weighted by atomic mass is 14.9. The minimum atomic E-state index is 0.419. The molecule has 2 rings (SSSR count). The Morgan fingerprint density at radius 3 is 2.58 bits per heavy atom. The number of aromatic nitrogens is 1. The van der Waals surface area contributed by atoms with E-state index in [-0.39, 0.29) is 0 Å². The lowest BCUT2D eigenvalue weighted by molar-refractivity contribution is 0.575. The summed E-state index contributed by atoms with van der Waals surface area (Å²) >= 11 is 0. The molecule has 0 bridgehead atoms. The number of benzene rings is 1. The van der Waals surface area contributed by atoms with Gasteiger partial charge in [0.1, 0.15) is 0 Å². The normalized spacial score (nSPS) is 12.1. The van der Waals surface area contributed by atoms with Gasteiger partial charge in [0.25, 0.3) is 0 Å². The van der Waals surface area contributed by atoms with Gasteiger partial charge >= 0.3 is 0 Å². The lowest BCUT2D eigenvalue weighted by Gasteiger charge is -2.11. The molecule has 0 aliphatic carbocycles.